The lowest BCUT2D eigenvalue weighted by atomic mass is 10.2. The average molecular weight is 225 g/mol. The maximum Gasteiger partial charge on any atom is 0.227 e. The molecule has 0 bridgehead atoms. The summed E-state index contributed by atoms with van der Waals surface area (Å²) in [6, 6.07) is 12.7. The molecule has 1 heterocycles. The van der Waals surface area contributed by atoms with Gasteiger partial charge in [-0.15, -0.1) is 0 Å². The number of aryl methyl sites for hydroxylation is 1. The van der Waals surface area contributed by atoms with Gasteiger partial charge in [0.2, 0.25) is 5.89 Å². The molecule has 0 saturated heterocycles. The van der Waals surface area contributed by atoms with E-state index in [2.05, 4.69) is 4.98 Å². The van der Waals surface area contributed by atoms with E-state index in [4.69, 9.17) is 4.42 Å². The van der Waals surface area contributed by atoms with Crippen LogP contribution in [0.4, 0.5) is 0 Å². The lowest BCUT2D eigenvalue weighted by Gasteiger charge is -1.94. The van der Waals surface area contributed by atoms with E-state index in [9.17, 15) is 5.11 Å². The maximum absolute atomic E-state index is 9.23. The molecular weight excluding hydrogens is 214 g/mol. The first-order valence-corrected chi connectivity index (χ1v) is 5.39. The monoisotopic (exact) mass is 225 g/mol. The lowest BCUT2D eigenvalue weighted by molar-refractivity contribution is 0.475. The van der Waals surface area contributed by atoms with E-state index in [0.29, 0.717) is 5.89 Å². The fourth-order valence-electron chi connectivity index (χ4n) is 1.76. The molecule has 0 amide bonds. The van der Waals surface area contributed by atoms with Gasteiger partial charge in [0.15, 0.2) is 5.58 Å². The predicted octanol–water partition coefficient (Wildman–Crippen LogP) is 3.51. The Morgan fingerprint density at radius 2 is 1.82 bits per heavy atom. The van der Waals surface area contributed by atoms with Crippen LogP contribution in [0.15, 0.2) is 46.9 Å². The Hall–Kier alpha value is -2.29. The number of fused-ring (bicyclic) bond motifs is 1. The average Bonchev–Trinajstić information content (AvgIpc) is 2.72. The van der Waals surface area contributed by atoms with Crippen molar-refractivity contribution in [1.29, 1.82) is 0 Å². The van der Waals surface area contributed by atoms with Crippen LogP contribution in [0.2, 0.25) is 0 Å². The Morgan fingerprint density at radius 3 is 2.59 bits per heavy atom. The molecule has 0 radical (unpaired) electrons. The summed E-state index contributed by atoms with van der Waals surface area (Å²) >= 11 is 0. The van der Waals surface area contributed by atoms with E-state index in [1.807, 2.05) is 25.1 Å². The molecule has 84 valence electrons. The van der Waals surface area contributed by atoms with Crippen LogP contribution in [-0.2, 0) is 0 Å². The molecule has 0 aliphatic carbocycles. The SMILES string of the molecule is Cc1ccc2oc(-c3ccc(O)cc3)nc2c1. The maximum atomic E-state index is 9.23. The number of nitrogens with zero attached hydrogens (tertiary/aromatic N) is 1. The molecule has 1 N–H and O–H groups in total. The van der Waals surface area contributed by atoms with Crippen LogP contribution in [-0.4, -0.2) is 10.1 Å². The van der Waals surface area contributed by atoms with Gasteiger partial charge in [-0.3, -0.25) is 0 Å². The van der Waals surface area contributed by atoms with Crippen LogP contribution in [0.1, 0.15) is 5.56 Å². The summed E-state index contributed by atoms with van der Waals surface area (Å²) in [5, 5.41) is 9.23. The van der Waals surface area contributed by atoms with Gasteiger partial charge in [-0.05, 0) is 48.9 Å². The standard InChI is InChI=1S/C14H11NO2/c1-9-2-7-13-12(8-9)15-14(17-13)10-3-5-11(16)6-4-10/h2-8,16H,1H3. The minimum Gasteiger partial charge on any atom is -0.508 e. The van der Waals surface area contributed by atoms with E-state index >= 15 is 0 Å². The predicted molar refractivity (Wildman–Crippen MR) is 65.8 cm³/mol. The molecule has 1 aromatic heterocycles. The highest BCUT2D eigenvalue weighted by molar-refractivity contribution is 5.76. The third kappa shape index (κ3) is 1.76. The number of aromatic nitrogens is 1. The topological polar surface area (TPSA) is 46.3 Å². The Kier molecular flexibility index (Phi) is 2.11. The fourth-order valence-corrected chi connectivity index (χ4v) is 1.76. The van der Waals surface area contributed by atoms with Crippen molar-refractivity contribution in [1.82, 2.24) is 4.98 Å². The molecule has 0 aliphatic rings. The molecule has 0 fully saturated rings. The molecule has 0 atom stereocenters. The van der Waals surface area contributed by atoms with Crippen LogP contribution >= 0.6 is 0 Å². The minimum atomic E-state index is 0.237. The number of benzene rings is 2. The van der Waals surface area contributed by atoms with Gasteiger partial charge in [0, 0.05) is 5.56 Å². The lowest BCUT2D eigenvalue weighted by Crippen LogP contribution is -1.76. The zero-order valence-electron chi connectivity index (χ0n) is 9.34. The Bertz CT molecular complexity index is 668. The third-order valence-corrected chi connectivity index (χ3v) is 2.66. The summed E-state index contributed by atoms with van der Waals surface area (Å²) in [6.45, 7) is 2.02. The smallest absolute Gasteiger partial charge is 0.227 e. The summed E-state index contributed by atoms with van der Waals surface area (Å²) in [5.41, 5.74) is 3.64. The van der Waals surface area contributed by atoms with Crippen LogP contribution in [0.25, 0.3) is 22.6 Å². The van der Waals surface area contributed by atoms with E-state index in [1.54, 1.807) is 24.3 Å². The molecule has 3 nitrogen and oxygen atoms in total. The summed E-state index contributed by atoms with van der Waals surface area (Å²) in [6.07, 6.45) is 0. The van der Waals surface area contributed by atoms with Gasteiger partial charge < -0.3 is 9.52 Å². The molecular formula is C14H11NO2. The van der Waals surface area contributed by atoms with E-state index < -0.39 is 0 Å². The van der Waals surface area contributed by atoms with Gasteiger partial charge in [0.1, 0.15) is 11.3 Å². The Labute approximate surface area is 98.3 Å². The van der Waals surface area contributed by atoms with Gasteiger partial charge in [-0.2, -0.15) is 0 Å². The van der Waals surface area contributed by atoms with Crippen molar-refractivity contribution in [3.05, 3.63) is 48.0 Å². The zero-order valence-corrected chi connectivity index (χ0v) is 9.34. The number of hydrogen-bond acceptors (Lipinski definition) is 3. The van der Waals surface area contributed by atoms with Crippen molar-refractivity contribution in [3.8, 4) is 17.2 Å². The summed E-state index contributed by atoms with van der Waals surface area (Å²) in [4.78, 5) is 4.43. The normalized spacial score (nSPS) is 10.9. The first-order valence-electron chi connectivity index (χ1n) is 5.39. The second-order valence-corrected chi connectivity index (χ2v) is 4.04. The van der Waals surface area contributed by atoms with Crippen molar-refractivity contribution in [2.24, 2.45) is 0 Å². The molecule has 0 aliphatic heterocycles. The highest BCUT2D eigenvalue weighted by Gasteiger charge is 2.07. The number of aromatic hydroxyl groups is 1. The van der Waals surface area contributed by atoms with Crippen molar-refractivity contribution in [3.63, 3.8) is 0 Å². The van der Waals surface area contributed by atoms with Crippen molar-refractivity contribution >= 4 is 11.1 Å². The highest BCUT2D eigenvalue weighted by Crippen LogP contribution is 2.25. The van der Waals surface area contributed by atoms with Crippen LogP contribution < -0.4 is 0 Å². The second kappa shape index (κ2) is 3.63. The first kappa shape index (κ1) is 9.90. The number of hydrogen-bond donors (Lipinski definition) is 1. The molecule has 0 saturated carbocycles. The summed E-state index contributed by atoms with van der Waals surface area (Å²) in [5.74, 6) is 0.811. The van der Waals surface area contributed by atoms with E-state index in [0.717, 1.165) is 22.2 Å². The second-order valence-electron chi connectivity index (χ2n) is 4.04. The van der Waals surface area contributed by atoms with Crippen molar-refractivity contribution in [2.75, 3.05) is 0 Å². The van der Waals surface area contributed by atoms with Crippen molar-refractivity contribution < 1.29 is 9.52 Å². The minimum absolute atomic E-state index is 0.237. The molecule has 17 heavy (non-hydrogen) atoms. The Balaban J connectivity index is 2.14. The molecule has 3 heteroatoms. The molecule has 3 aromatic rings. The molecule has 2 aromatic carbocycles. The molecule has 3 rings (SSSR count). The molecule has 0 unspecified atom stereocenters. The number of rotatable bonds is 1. The summed E-state index contributed by atoms with van der Waals surface area (Å²) in [7, 11) is 0. The van der Waals surface area contributed by atoms with Crippen LogP contribution in [0, 0.1) is 6.92 Å². The zero-order chi connectivity index (χ0) is 11.8. The summed E-state index contributed by atoms with van der Waals surface area (Å²) < 4.78 is 5.66. The number of phenolic OH excluding ortho intramolecular Hbond substituents is 1. The third-order valence-electron chi connectivity index (χ3n) is 2.66. The van der Waals surface area contributed by atoms with Gasteiger partial charge in [-0.1, -0.05) is 6.07 Å². The first-order chi connectivity index (χ1) is 8.22. The number of oxazole rings is 1. The number of phenols is 1. The van der Waals surface area contributed by atoms with Gasteiger partial charge >= 0.3 is 0 Å². The van der Waals surface area contributed by atoms with Crippen LogP contribution in [0.5, 0.6) is 5.75 Å². The fraction of sp³-hybridized carbons (Fsp3) is 0.0714. The van der Waals surface area contributed by atoms with Crippen molar-refractivity contribution in [2.45, 2.75) is 6.92 Å². The van der Waals surface area contributed by atoms with Crippen LogP contribution in [0.3, 0.4) is 0 Å². The van der Waals surface area contributed by atoms with Gasteiger partial charge in [0.05, 0.1) is 0 Å². The van der Waals surface area contributed by atoms with Gasteiger partial charge in [0.25, 0.3) is 0 Å². The Morgan fingerprint density at radius 1 is 1.06 bits per heavy atom. The largest absolute Gasteiger partial charge is 0.508 e. The highest BCUT2D eigenvalue weighted by atomic mass is 16.3. The molecule has 0 spiro atoms. The van der Waals surface area contributed by atoms with E-state index in [-0.39, 0.29) is 5.75 Å². The van der Waals surface area contributed by atoms with E-state index in [1.165, 1.54) is 0 Å². The quantitative estimate of drug-likeness (QED) is 0.689. The van der Waals surface area contributed by atoms with Gasteiger partial charge in [-0.25, -0.2) is 4.98 Å².